The second kappa shape index (κ2) is 5.13. The summed E-state index contributed by atoms with van der Waals surface area (Å²) in [7, 11) is 0. The van der Waals surface area contributed by atoms with Crippen molar-refractivity contribution in [3.05, 3.63) is 41.7 Å². The molecule has 0 saturated carbocycles. The molecule has 0 saturated heterocycles. The molecule has 3 rings (SSSR count). The Labute approximate surface area is 131 Å². The molecule has 0 aliphatic heterocycles. The number of nitrogens with two attached hydrogens (primary N) is 2. The predicted octanol–water partition coefficient (Wildman–Crippen LogP) is 1.70. The molecule has 0 radical (unpaired) electrons. The summed E-state index contributed by atoms with van der Waals surface area (Å²) in [5.41, 5.74) is 14.0. The molecule has 0 aliphatic carbocycles. The number of benzene rings is 2. The van der Waals surface area contributed by atoms with E-state index in [4.69, 9.17) is 11.5 Å². The first-order valence-corrected chi connectivity index (χ1v) is 6.76. The lowest BCUT2D eigenvalue weighted by molar-refractivity contribution is 0.100. The lowest BCUT2D eigenvalue weighted by atomic mass is 9.94. The molecule has 0 bridgehead atoms. The standard InChI is InChI=1S/C16H14N4O3/c1-7-9(4-8(21)5-12(7)22)13-14(17)10(16(18)23)6-11-15(13)20-3-2-19-11/h2-6,21-22H,17H2,1H3,(H2,18,23). The number of amides is 1. The zero-order valence-corrected chi connectivity index (χ0v) is 12.2. The average molecular weight is 310 g/mol. The van der Waals surface area contributed by atoms with Gasteiger partial charge in [0.15, 0.2) is 0 Å². The summed E-state index contributed by atoms with van der Waals surface area (Å²) in [6, 6.07) is 4.14. The van der Waals surface area contributed by atoms with Gasteiger partial charge in [0.25, 0.3) is 5.91 Å². The fraction of sp³-hybridized carbons (Fsp3) is 0.0625. The number of primary amides is 1. The lowest BCUT2D eigenvalue weighted by Gasteiger charge is -2.15. The Balaban J connectivity index is 2.50. The number of hydrogen-bond donors (Lipinski definition) is 4. The van der Waals surface area contributed by atoms with E-state index in [-0.39, 0.29) is 22.7 Å². The van der Waals surface area contributed by atoms with Gasteiger partial charge < -0.3 is 21.7 Å². The monoisotopic (exact) mass is 310 g/mol. The number of aromatic hydroxyl groups is 2. The van der Waals surface area contributed by atoms with Gasteiger partial charge in [-0.2, -0.15) is 0 Å². The van der Waals surface area contributed by atoms with Crippen molar-refractivity contribution in [2.75, 3.05) is 5.73 Å². The van der Waals surface area contributed by atoms with Crippen molar-refractivity contribution in [2.24, 2.45) is 5.73 Å². The van der Waals surface area contributed by atoms with Gasteiger partial charge in [0.1, 0.15) is 11.5 Å². The molecule has 0 spiro atoms. The maximum atomic E-state index is 11.7. The van der Waals surface area contributed by atoms with Gasteiger partial charge in [-0.1, -0.05) is 0 Å². The second-order valence-corrected chi connectivity index (χ2v) is 5.14. The highest BCUT2D eigenvalue weighted by Gasteiger charge is 2.20. The van der Waals surface area contributed by atoms with Crippen molar-refractivity contribution in [2.45, 2.75) is 6.92 Å². The number of nitrogen functional groups attached to an aromatic ring is 1. The number of aromatic nitrogens is 2. The third-order valence-electron chi connectivity index (χ3n) is 3.70. The second-order valence-electron chi connectivity index (χ2n) is 5.14. The van der Waals surface area contributed by atoms with Crippen molar-refractivity contribution in [1.82, 2.24) is 9.97 Å². The SMILES string of the molecule is Cc1c(O)cc(O)cc1-c1c(N)c(C(N)=O)cc2nccnc12. The van der Waals surface area contributed by atoms with E-state index < -0.39 is 5.91 Å². The van der Waals surface area contributed by atoms with Crippen LogP contribution in [0.15, 0.2) is 30.6 Å². The van der Waals surface area contributed by atoms with Gasteiger partial charge in [-0.3, -0.25) is 14.8 Å². The topological polar surface area (TPSA) is 135 Å². The minimum atomic E-state index is -0.696. The third-order valence-corrected chi connectivity index (χ3v) is 3.70. The van der Waals surface area contributed by atoms with Crippen LogP contribution in [0.4, 0.5) is 5.69 Å². The van der Waals surface area contributed by atoms with Gasteiger partial charge in [0, 0.05) is 24.0 Å². The van der Waals surface area contributed by atoms with Crippen LogP contribution in [-0.2, 0) is 0 Å². The third kappa shape index (κ3) is 2.28. The fourth-order valence-electron chi connectivity index (χ4n) is 2.54. The maximum absolute atomic E-state index is 11.7. The van der Waals surface area contributed by atoms with E-state index in [1.54, 1.807) is 6.92 Å². The van der Waals surface area contributed by atoms with Crippen LogP contribution in [0.1, 0.15) is 15.9 Å². The highest BCUT2D eigenvalue weighted by atomic mass is 16.3. The smallest absolute Gasteiger partial charge is 0.250 e. The molecule has 0 fully saturated rings. The van der Waals surface area contributed by atoms with Crippen LogP contribution in [-0.4, -0.2) is 26.1 Å². The van der Waals surface area contributed by atoms with Crippen LogP contribution in [0, 0.1) is 6.92 Å². The van der Waals surface area contributed by atoms with Gasteiger partial charge in [-0.15, -0.1) is 0 Å². The van der Waals surface area contributed by atoms with Crippen LogP contribution >= 0.6 is 0 Å². The van der Waals surface area contributed by atoms with Crippen LogP contribution in [0.3, 0.4) is 0 Å². The number of nitrogens with zero attached hydrogens (tertiary/aromatic N) is 2. The maximum Gasteiger partial charge on any atom is 0.250 e. The number of carbonyl (C=O) groups excluding carboxylic acids is 1. The van der Waals surface area contributed by atoms with Gasteiger partial charge in [0.05, 0.1) is 22.3 Å². The zero-order valence-electron chi connectivity index (χ0n) is 12.2. The van der Waals surface area contributed by atoms with E-state index in [2.05, 4.69) is 9.97 Å². The summed E-state index contributed by atoms with van der Waals surface area (Å²) in [4.78, 5) is 20.1. The summed E-state index contributed by atoms with van der Waals surface area (Å²) in [5.74, 6) is -0.928. The highest BCUT2D eigenvalue weighted by molar-refractivity contribution is 6.10. The van der Waals surface area contributed by atoms with Gasteiger partial charge in [-0.25, -0.2) is 0 Å². The minimum Gasteiger partial charge on any atom is -0.508 e. The van der Waals surface area contributed by atoms with E-state index in [1.165, 1.54) is 30.6 Å². The molecule has 3 aromatic rings. The van der Waals surface area contributed by atoms with E-state index in [1.807, 2.05) is 0 Å². The zero-order chi connectivity index (χ0) is 16.7. The van der Waals surface area contributed by atoms with Crippen molar-refractivity contribution in [3.8, 4) is 22.6 Å². The number of phenols is 2. The molecule has 6 N–H and O–H groups in total. The molecular weight excluding hydrogens is 296 g/mol. The predicted molar refractivity (Wildman–Crippen MR) is 86.0 cm³/mol. The van der Waals surface area contributed by atoms with E-state index in [0.29, 0.717) is 27.7 Å². The van der Waals surface area contributed by atoms with Crippen molar-refractivity contribution < 1.29 is 15.0 Å². The van der Waals surface area contributed by atoms with Crippen LogP contribution in [0.25, 0.3) is 22.2 Å². The molecule has 0 aliphatic rings. The minimum absolute atomic E-state index is 0.0964. The number of phenolic OH excluding ortho intramolecular Hbond substituents is 2. The summed E-state index contributed by atoms with van der Waals surface area (Å²) in [6.45, 7) is 1.67. The first kappa shape index (κ1) is 14.6. The molecule has 23 heavy (non-hydrogen) atoms. The lowest BCUT2D eigenvalue weighted by Crippen LogP contribution is -2.14. The Hall–Kier alpha value is -3.35. The van der Waals surface area contributed by atoms with Gasteiger partial charge >= 0.3 is 0 Å². The quantitative estimate of drug-likeness (QED) is 0.532. The Bertz CT molecular complexity index is 954. The molecule has 2 aromatic carbocycles. The van der Waals surface area contributed by atoms with Gasteiger partial charge in [-0.05, 0) is 30.2 Å². The molecule has 1 aromatic heterocycles. The number of hydrogen-bond acceptors (Lipinski definition) is 6. The number of rotatable bonds is 2. The fourth-order valence-corrected chi connectivity index (χ4v) is 2.54. The number of fused-ring (bicyclic) bond motifs is 1. The summed E-state index contributed by atoms with van der Waals surface area (Å²) in [6.07, 6.45) is 2.98. The van der Waals surface area contributed by atoms with Crippen LogP contribution in [0.5, 0.6) is 11.5 Å². The number of carbonyl (C=O) groups is 1. The van der Waals surface area contributed by atoms with E-state index in [9.17, 15) is 15.0 Å². The first-order chi connectivity index (χ1) is 10.9. The van der Waals surface area contributed by atoms with E-state index >= 15 is 0 Å². The Morgan fingerprint density at radius 2 is 1.83 bits per heavy atom. The number of anilines is 1. The normalized spacial score (nSPS) is 10.8. The summed E-state index contributed by atoms with van der Waals surface area (Å²) in [5, 5.41) is 19.7. The molecule has 0 atom stereocenters. The summed E-state index contributed by atoms with van der Waals surface area (Å²) < 4.78 is 0. The highest BCUT2D eigenvalue weighted by Crippen LogP contribution is 2.40. The average Bonchev–Trinajstić information content (AvgIpc) is 2.50. The van der Waals surface area contributed by atoms with E-state index in [0.717, 1.165) is 0 Å². The summed E-state index contributed by atoms with van der Waals surface area (Å²) >= 11 is 0. The van der Waals surface area contributed by atoms with Gasteiger partial charge in [0.2, 0.25) is 0 Å². The molecule has 7 heteroatoms. The van der Waals surface area contributed by atoms with Crippen LogP contribution < -0.4 is 11.5 Å². The molecule has 1 amide bonds. The van der Waals surface area contributed by atoms with Crippen LogP contribution in [0.2, 0.25) is 0 Å². The molecule has 116 valence electrons. The molecule has 7 nitrogen and oxygen atoms in total. The Morgan fingerprint density at radius 1 is 1.13 bits per heavy atom. The largest absolute Gasteiger partial charge is 0.508 e. The van der Waals surface area contributed by atoms with Crippen molar-refractivity contribution in [3.63, 3.8) is 0 Å². The Kier molecular flexibility index (Phi) is 3.25. The van der Waals surface area contributed by atoms with Crippen molar-refractivity contribution in [1.29, 1.82) is 0 Å². The molecule has 0 unspecified atom stereocenters. The van der Waals surface area contributed by atoms with Crippen molar-refractivity contribution >= 4 is 22.6 Å². The first-order valence-electron chi connectivity index (χ1n) is 6.76. The Morgan fingerprint density at radius 3 is 2.52 bits per heavy atom. The molecule has 1 heterocycles. The molecular formula is C16H14N4O3.